The van der Waals surface area contributed by atoms with Gasteiger partial charge in [-0.05, 0) is 12.1 Å². The van der Waals surface area contributed by atoms with Gasteiger partial charge in [0.05, 0.1) is 17.5 Å². The number of carboxylic acids is 1. The van der Waals surface area contributed by atoms with E-state index >= 15 is 0 Å². The summed E-state index contributed by atoms with van der Waals surface area (Å²) in [5.74, 6) is -0.848. The van der Waals surface area contributed by atoms with Crippen molar-refractivity contribution in [1.29, 1.82) is 0 Å². The van der Waals surface area contributed by atoms with Crippen LogP contribution in [0.1, 0.15) is 4.88 Å². The van der Waals surface area contributed by atoms with Crippen LogP contribution < -0.4 is 5.46 Å². The number of thiazole rings is 1. The quantitative estimate of drug-likeness (QED) is 0.737. The van der Waals surface area contributed by atoms with E-state index in [2.05, 4.69) is 9.97 Å². The summed E-state index contributed by atoms with van der Waals surface area (Å²) < 4.78 is 1.88. The molecule has 0 saturated carbocycles. The van der Waals surface area contributed by atoms with Crippen LogP contribution in [-0.2, 0) is 11.2 Å². The van der Waals surface area contributed by atoms with E-state index in [1.54, 1.807) is 12.5 Å². The smallest absolute Gasteiger partial charge is 0.308 e. The topological polar surface area (TPSA) is 68.0 Å². The maximum atomic E-state index is 10.7. The van der Waals surface area contributed by atoms with Gasteiger partial charge < -0.3 is 5.11 Å². The predicted octanol–water partition coefficient (Wildman–Crippen LogP) is 1.49. The fraction of sp³-hybridized carbons (Fsp3) is 0.154. The van der Waals surface area contributed by atoms with Crippen LogP contribution in [0.15, 0.2) is 30.7 Å². The Labute approximate surface area is 120 Å². The Morgan fingerprint density at radius 3 is 3.05 bits per heavy atom. The van der Waals surface area contributed by atoms with Gasteiger partial charge in [-0.2, -0.15) is 0 Å². The highest BCUT2D eigenvalue weighted by Crippen LogP contribution is 2.22. The highest BCUT2D eigenvalue weighted by molar-refractivity contribution is 7.14. The first-order valence-corrected chi connectivity index (χ1v) is 6.92. The van der Waals surface area contributed by atoms with Gasteiger partial charge >= 0.3 is 5.97 Å². The van der Waals surface area contributed by atoms with Gasteiger partial charge in [0.25, 0.3) is 0 Å². The van der Waals surface area contributed by atoms with Crippen LogP contribution >= 0.6 is 11.3 Å². The first-order valence-electron chi connectivity index (χ1n) is 6.10. The molecule has 0 atom stereocenters. The molecule has 2 aromatic heterocycles. The molecule has 0 aliphatic carbocycles. The number of hydrogen-bond acceptors (Lipinski definition) is 4. The molecule has 3 rings (SSSR count). The zero-order chi connectivity index (χ0) is 14.1. The lowest BCUT2D eigenvalue weighted by Crippen LogP contribution is -2.09. The molecule has 0 spiro atoms. The largest absolute Gasteiger partial charge is 0.481 e. The van der Waals surface area contributed by atoms with E-state index < -0.39 is 5.97 Å². The first kappa shape index (κ1) is 12.9. The third kappa shape index (κ3) is 2.32. The molecule has 1 aromatic carbocycles. The summed E-state index contributed by atoms with van der Waals surface area (Å²) in [6.07, 6.45) is 3.32. The summed E-state index contributed by atoms with van der Waals surface area (Å²) in [5.41, 5.74) is 2.98. The van der Waals surface area contributed by atoms with Crippen molar-refractivity contribution >= 4 is 41.1 Å². The average Bonchev–Trinajstić information content (AvgIpc) is 3.03. The molecule has 0 aliphatic rings. The van der Waals surface area contributed by atoms with Crippen molar-refractivity contribution in [3.05, 3.63) is 35.6 Å². The summed E-state index contributed by atoms with van der Waals surface area (Å²) in [6, 6.07) is 6.03. The molecule has 0 amide bonds. The van der Waals surface area contributed by atoms with Gasteiger partial charge in [-0.1, -0.05) is 18.4 Å². The highest BCUT2D eigenvalue weighted by atomic mass is 32.1. The van der Waals surface area contributed by atoms with E-state index in [1.165, 1.54) is 11.3 Å². The van der Waals surface area contributed by atoms with Crippen LogP contribution in [-0.4, -0.2) is 32.9 Å². The Morgan fingerprint density at radius 1 is 1.45 bits per heavy atom. The Kier molecular flexibility index (Phi) is 3.27. The van der Waals surface area contributed by atoms with E-state index in [1.807, 2.05) is 36.9 Å². The van der Waals surface area contributed by atoms with Gasteiger partial charge in [0.1, 0.15) is 13.6 Å². The number of benzene rings is 1. The van der Waals surface area contributed by atoms with Crippen molar-refractivity contribution in [3.8, 4) is 5.13 Å². The van der Waals surface area contributed by atoms with Gasteiger partial charge in [0.2, 0.25) is 0 Å². The first-order chi connectivity index (χ1) is 9.67. The van der Waals surface area contributed by atoms with Crippen LogP contribution in [0.5, 0.6) is 0 Å². The van der Waals surface area contributed by atoms with Crippen LogP contribution in [0.3, 0.4) is 0 Å². The number of carbonyl (C=O) groups is 1. The normalized spacial score (nSPS) is 10.8. The number of aliphatic carboxylic acids is 1. The average molecular weight is 284 g/mol. The van der Waals surface area contributed by atoms with E-state index in [9.17, 15) is 4.79 Å². The number of rotatable bonds is 4. The number of imidazole rings is 1. The van der Waals surface area contributed by atoms with Gasteiger partial charge in [-0.15, -0.1) is 11.3 Å². The second-order valence-electron chi connectivity index (χ2n) is 4.33. The number of carboxylic acid groups (broad SMARTS) is 1. The Morgan fingerprint density at radius 2 is 2.30 bits per heavy atom. The van der Waals surface area contributed by atoms with E-state index in [0.29, 0.717) is 0 Å². The van der Waals surface area contributed by atoms with Crippen molar-refractivity contribution in [2.24, 2.45) is 0 Å². The number of hydrogen-bond donors (Lipinski definition) is 1. The lowest BCUT2D eigenvalue weighted by atomic mass is 9.73. The second kappa shape index (κ2) is 5.09. The Balaban J connectivity index is 2.01. The molecule has 0 aliphatic heterocycles. The molecule has 1 N–H and O–H groups in total. The molecule has 0 fully saturated rings. The monoisotopic (exact) mass is 284 g/mol. The summed E-state index contributed by atoms with van der Waals surface area (Å²) in [7, 11) is 2.02. The van der Waals surface area contributed by atoms with Crippen molar-refractivity contribution in [2.45, 2.75) is 13.2 Å². The van der Waals surface area contributed by atoms with E-state index in [-0.39, 0.29) is 6.42 Å². The molecule has 3 aromatic rings. The zero-order valence-electron chi connectivity index (χ0n) is 10.8. The Bertz CT molecular complexity index is 781. The van der Waals surface area contributed by atoms with Crippen LogP contribution in [0, 0.1) is 0 Å². The van der Waals surface area contributed by atoms with Gasteiger partial charge in [0, 0.05) is 11.1 Å². The standard InChI is InChI=1S/C13H11BN3O2S/c1-14-8-2-3-11-10(4-8)16-7-17(11)13-15-6-9(20-13)5-12(18)19/h2-4,6-7H,5H2,1H3,(H,18,19). The molecule has 0 unspecified atom stereocenters. The SMILES string of the molecule is C[B]c1ccc2c(c1)ncn2-c1ncc(CC(=O)O)s1. The molecule has 2 heterocycles. The number of aromatic nitrogens is 3. The van der Waals surface area contributed by atoms with Crippen molar-refractivity contribution in [3.63, 3.8) is 0 Å². The van der Waals surface area contributed by atoms with E-state index in [4.69, 9.17) is 5.11 Å². The molecule has 99 valence electrons. The predicted molar refractivity (Wildman–Crippen MR) is 79.3 cm³/mol. The number of nitrogens with zero attached hydrogens (tertiary/aromatic N) is 3. The molecule has 20 heavy (non-hydrogen) atoms. The fourth-order valence-electron chi connectivity index (χ4n) is 2.00. The molecule has 0 saturated heterocycles. The lowest BCUT2D eigenvalue weighted by molar-refractivity contribution is -0.136. The third-order valence-electron chi connectivity index (χ3n) is 2.98. The van der Waals surface area contributed by atoms with Gasteiger partial charge in [-0.25, -0.2) is 9.97 Å². The highest BCUT2D eigenvalue weighted by Gasteiger charge is 2.10. The van der Waals surface area contributed by atoms with Crippen molar-refractivity contribution in [1.82, 2.24) is 14.5 Å². The molecule has 5 nitrogen and oxygen atoms in total. The van der Waals surface area contributed by atoms with Gasteiger partial charge in [-0.3, -0.25) is 9.36 Å². The fourth-order valence-corrected chi connectivity index (χ4v) is 2.89. The minimum atomic E-state index is -0.848. The molecule has 0 bridgehead atoms. The maximum Gasteiger partial charge on any atom is 0.308 e. The van der Waals surface area contributed by atoms with Crippen LogP contribution in [0.4, 0.5) is 0 Å². The van der Waals surface area contributed by atoms with Gasteiger partial charge in [0.15, 0.2) is 5.13 Å². The Hall–Kier alpha value is -2.15. The summed E-state index contributed by atoms with van der Waals surface area (Å²) in [6.45, 7) is 1.98. The van der Waals surface area contributed by atoms with Crippen molar-refractivity contribution in [2.75, 3.05) is 0 Å². The van der Waals surface area contributed by atoms with Crippen LogP contribution in [0.25, 0.3) is 16.2 Å². The lowest BCUT2D eigenvalue weighted by Gasteiger charge is -2.00. The zero-order valence-corrected chi connectivity index (χ0v) is 11.6. The summed E-state index contributed by atoms with van der Waals surface area (Å²) in [4.78, 5) is 20.1. The van der Waals surface area contributed by atoms with E-state index in [0.717, 1.165) is 26.5 Å². The minimum absolute atomic E-state index is 0.000755. The molecular weight excluding hydrogens is 273 g/mol. The maximum absolute atomic E-state index is 10.7. The molecule has 1 radical (unpaired) electrons. The summed E-state index contributed by atoms with van der Waals surface area (Å²) in [5, 5.41) is 9.53. The summed E-state index contributed by atoms with van der Waals surface area (Å²) >= 11 is 1.37. The van der Waals surface area contributed by atoms with Crippen molar-refractivity contribution < 1.29 is 9.90 Å². The molecular formula is C13H11BN3O2S. The minimum Gasteiger partial charge on any atom is -0.481 e. The molecule has 7 heteroatoms. The second-order valence-corrected chi connectivity index (χ2v) is 5.42. The third-order valence-corrected chi connectivity index (χ3v) is 3.97. The number of fused-ring (bicyclic) bond motifs is 1. The van der Waals surface area contributed by atoms with Crippen LogP contribution in [0.2, 0.25) is 6.82 Å².